The van der Waals surface area contributed by atoms with Gasteiger partial charge in [0.25, 0.3) is 5.91 Å². The Hall–Kier alpha value is -2.24. The molecule has 2 rings (SSSR count). The molecular formula is C18H17Cl2NO4. The van der Waals surface area contributed by atoms with Crippen LogP contribution in [-0.4, -0.2) is 25.1 Å². The Kier molecular flexibility index (Phi) is 6.28. The molecule has 0 spiro atoms. The van der Waals surface area contributed by atoms with Crippen molar-refractivity contribution < 1.29 is 19.1 Å². The fourth-order valence-electron chi connectivity index (χ4n) is 2.08. The van der Waals surface area contributed by atoms with E-state index in [0.29, 0.717) is 21.5 Å². The van der Waals surface area contributed by atoms with Gasteiger partial charge in [-0.15, -0.1) is 0 Å². The summed E-state index contributed by atoms with van der Waals surface area (Å²) >= 11 is 11.8. The standard InChI is InChI=1S/C18H17Cl2NO4/c1-10-4-7-16(24-3)13(8-10)18(23)25-11(2)17(22)21-15-6-5-12(19)9-14(15)20/h4-9,11H,1-3H3,(H,21,22)/t11-/m1/s1. The van der Waals surface area contributed by atoms with Gasteiger partial charge in [0.2, 0.25) is 0 Å². The number of halogens is 2. The molecule has 0 saturated carbocycles. The lowest BCUT2D eigenvalue weighted by atomic mass is 10.1. The first-order valence-electron chi connectivity index (χ1n) is 7.43. The minimum Gasteiger partial charge on any atom is -0.496 e. The number of benzene rings is 2. The summed E-state index contributed by atoms with van der Waals surface area (Å²) in [4.78, 5) is 24.6. The lowest BCUT2D eigenvalue weighted by Gasteiger charge is -2.15. The first-order chi connectivity index (χ1) is 11.8. The topological polar surface area (TPSA) is 64.6 Å². The first-order valence-corrected chi connectivity index (χ1v) is 8.19. The number of esters is 1. The molecule has 0 radical (unpaired) electrons. The van der Waals surface area contributed by atoms with Crippen molar-refractivity contribution in [3.05, 3.63) is 57.6 Å². The van der Waals surface area contributed by atoms with E-state index >= 15 is 0 Å². The highest BCUT2D eigenvalue weighted by Crippen LogP contribution is 2.26. The van der Waals surface area contributed by atoms with Gasteiger partial charge in [0.1, 0.15) is 11.3 Å². The molecule has 132 valence electrons. The van der Waals surface area contributed by atoms with E-state index in [0.717, 1.165) is 5.56 Å². The van der Waals surface area contributed by atoms with Crippen LogP contribution in [0.3, 0.4) is 0 Å². The average molecular weight is 382 g/mol. The summed E-state index contributed by atoms with van der Waals surface area (Å²) in [6.07, 6.45) is -1.02. The van der Waals surface area contributed by atoms with Crippen molar-refractivity contribution in [2.24, 2.45) is 0 Å². The second-order valence-corrected chi connectivity index (χ2v) is 6.21. The number of amides is 1. The number of hydrogen-bond acceptors (Lipinski definition) is 4. The lowest BCUT2D eigenvalue weighted by Crippen LogP contribution is -2.30. The van der Waals surface area contributed by atoms with Gasteiger partial charge in [0.15, 0.2) is 6.10 Å². The van der Waals surface area contributed by atoms with Crippen molar-refractivity contribution in [2.45, 2.75) is 20.0 Å². The predicted molar refractivity (Wildman–Crippen MR) is 97.7 cm³/mol. The highest BCUT2D eigenvalue weighted by molar-refractivity contribution is 6.36. The molecule has 25 heavy (non-hydrogen) atoms. The molecule has 5 nitrogen and oxygen atoms in total. The van der Waals surface area contributed by atoms with E-state index in [-0.39, 0.29) is 5.56 Å². The smallest absolute Gasteiger partial charge is 0.342 e. The summed E-state index contributed by atoms with van der Waals surface area (Å²) in [5.74, 6) is -0.779. The van der Waals surface area contributed by atoms with E-state index in [1.54, 1.807) is 24.3 Å². The number of rotatable bonds is 5. The van der Waals surface area contributed by atoms with Crippen LogP contribution in [0.2, 0.25) is 10.0 Å². The Morgan fingerprint density at radius 3 is 2.48 bits per heavy atom. The maximum absolute atomic E-state index is 12.3. The van der Waals surface area contributed by atoms with E-state index in [9.17, 15) is 9.59 Å². The van der Waals surface area contributed by atoms with Crippen LogP contribution in [0.4, 0.5) is 5.69 Å². The molecule has 0 unspecified atom stereocenters. The molecule has 0 heterocycles. The number of aryl methyl sites for hydroxylation is 1. The fourth-order valence-corrected chi connectivity index (χ4v) is 2.54. The maximum Gasteiger partial charge on any atom is 0.342 e. The van der Waals surface area contributed by atoms with Crippen LogP contribution in [0, 0.1) is 6.92 Å². The van der Waals surface area contributed by atoms with E-state index in [1.165, 1.54) is 20.1 Å². The molecule has 1 N–H and O–H groups in total. The van der Waals surface area contributed by atoms with Crippen molar-refractivity contribution in [3.63, 3.8) is 0 Å². The van der Waals surface area contributed by atoms with E-state index in [2.05, 4.69) is 5.32 Å². The van der Waals surface area contributed by atoms with Gasteiger partial charge in [0.05, 0.1) is 17.8 Å². The van der Waals surface area contributed by atoms with Crippen LogP contribution in [0.5, 0.6) is 5.75 Å². The molecule has 0 fully saturated rings. The van der Waals surface area contributed by atoms with Crippen LogP contribution in [0.25, 0.3) is 0 Å². The van der Waals surface area contributed by atoms with Crippen LogP contribution >= 0.6 is 23.2 Å². The molecule has 0 aromatic heterocycles. The zero-order chi connectivity index (χ0) is 18.6. The molecule has 0 saturated heterocycles. The Labute approximate surface area is 155 Å². The zero-order valence-electron chi connectivity index (χ0n) is 13.9. The van der Waals surface area contributed by atoms with Gasteiger partial charge in [-0.1, -0.05) is 34.8 Å². The van der Waals surface area contributed by atoms with Crippen molar-refractivity contribution in [1.82, 2.24) is 0 Å². The molecule has 2 aromatic rings. The van der Waals surface area contributed by atoms with Gasteiger partial charge in [0, 0.05) is 5.02 Å². The van der Waals surface area contributed by atoms with Crippen LogP contribution in [0.15, 0.2) is 36.4 Å². The Balaban J connectivity index is 2.08. The normalized spacial score (nSPS) is 11.6. The van der Waals surface area contributed by atoms with Gasteiger partial charge in [-0.25, -0.2) is 4.79 Å². The van der Waals surface area contributed by atoms with E-state index < -0.39 is 18.0 Å². The number of anilines is 1. The second kappa shape index (κ2) is 8.23. The SMILES string of the molecule is COc1ccc(C)cc1C(=O)O[C@H](C)C(=O)Nc1ccc(Cl)cc1Cl. The summed E-state index contributed by atoms with van der Waals surface area (Å²) in [6.45, 7) is 3.31. The number of hydrogen-bond donors (Lipinski definition) is 1. The monoisotopic (exact) mass is 381 g/mol. The van der Waals surface area contributed by atoms with Crippen LogP contribution < -0.4 is 10.1 Å². The molecule has 0 aliphatic heterocycles. The van der Waals surface area contributed by atoms with Crippen molar-refractivity contribution in [2.75, 3.05) is 12.4 Å². The predicted octanol–water partition coefficient (Wildman–Crippen LogP) is 4.49. The average Bonchev–Trinajstić information content (AvgIpc) is 2.57. The minimum atomic E-state index is -1.02. The summed E-state index contributed by atoms with van der Waals surface area (Å²) in [6, 6.07) is 9.80. The number of methoxy groups -OCH3 is 1. The minimum absolute atomic E-state index is 0.256. The van der Waals surface area contributed by atoms with Gasteiger partial charge >= 0.3 is 5.97 Å². The largest absolute Gasteiger partial charge is 0.496 e. The third-order valence-electron chi connectivity index (χ3n) is 3.42. The number of nitrogens with one attached hydrogen (secondary N) is 1. The highest BCUT2D eigenvalue weighted by atomic mass is 35.5. The Morgan fingerprint density at radius 2 is 1.84 bits per heavy atom. The summed E-state index contributed by atoms with van der Waals surface area (Å²) in [5.41, 5.74) is 1.51. The van der Waals surface area contributed by atoms with Gasteiger partial charge in [-0.05, 0) is 44.2 Å². The number of carbonyl (C=O) groups is 2. The quantitative estimate of drug-likeness (QED) is 0.774. The van der Waals surface area contributed by atoms with Crippen LogP contribution in [-0.2, 0) is 9.53 Å². The van der Waals surface area contributed by atoms with Gasteiger partial charge in [-0.3, -0.25) is 4.79 Å². The van der Waals surface area contributed by atoms with E-state index in [1.807, 2.05) is 13.0 Å². The fraction of sp³-hybridized carbons (Fsp3) is 0.222. The summed E-state index contributed by atoms with van der Waals surface area (Å²) in [5, 5.41) is 3.34. The van der Waals surface area contributed by atoms with Crippen molar-refractivity contribution in [3.8, 4) is 5.75 Å². The zero-order valence-corrected chi connectivity index (χ0v) is 15.4. The third-order valence-corrected chi connectivity index (χ3v) is 3.96. The van der Waals surface area contributed by atoms with Gasteiger partial charge < -0.3 is 14.8 Å². The molecule has 2 aromatic carbocycles. The molecule has 1 atom stereocenters. The van der Waals surface area contributed by atoms with Crippen LogP contribution in [0.1, 0.15) is 22.8 Å². The molecule has 1 amide bonds. The van der Waals surface area contributed by atoms with Crippen molar-refractivity contribution in [1.29, 1.82) is 0 Å². The summed E-state index contributed by atoms with van der Waals surface area (Å²) in [7, 11) is 1.46. The number of ether oxygens (including phenoxy) is 2. The first kappa shape index (κ1) is 19.1. The summed E-state index contributed by atoms with van der Waals surface area (Å²) < 4.78 is 10.4. The molecule has 0 aliphatic rings. The van der Waals surface area contributed by atoms with Gasteiger partial charge in [-0.2, -0.15) is 0 Å². The third kappa shape index (κ3) is 4.87. The number of carbonyl (C=O) groups excluding carboxylic acids is 2. The van der Waals surface area contributed by atoms with E-state index in [4.69, 9.17) is 32.7 Å². The Bertz CT molecular complexity index is 808. The molecule has 0 bridgehead atoms. The molecule has 0 aliphatic carbocycles. The highest BCUT2D eigenvalue weighted by Gasteiger charge is 2.22. The van der Waals surface area contributed by atoms with Crippen molar-refractivity contribution >= 4 is 40.8 Å². The second-order valence-electron chi connectivity index (χ2n) is 5.36. The molecular weight excluding hydrogens is 365 g/mol. The Morgan fingerprint density at radius 1 is 1.12 bits per heavy atom. The lowest BCUT2D eigenvalue weighted by molar-refractivity contribution is -0.123. The maximum atomic E-state index is 12.3. The molecule has 7 heteroatoms.